The Labute approximate surface area is 239 Å². The van der Waals surface area contributed by atoms with Crippen molar-refractivity contribution in [2.45, 2.75) is 66.1 Å². The molecule has 1 aromatic rings. The molecule has 0 fully saturated rings. The molecular weight excluding hydrogens is 530 g/mol. The van der Waals surface area contributed by atoms with Crippen molar-refractivity contribution in [1.29, 1.82) is 0 Å². The number of hydrogen-bond acceptors (Lipinski definition) is 9. The number of rotatable bonds is 2. The van der Waals surface area contributed by atoms with Gasteiger partial charge in [-0.25, -0.2) is 9.78 Å². The molecule has 11 heteroatoms. The largest absolute Gasteiger partial charge is 0.458 e. The lowest BCUT2D eigenvalue weighted by Gasteiger charge is -2.27. The average molecular weight is 568 g/mol. The van der Waals surface area contributed by atoms with Crippen LogP contribution in [-0.4, -0.2) is 64.7 Å². The maximum absolute atomic E-state index is 13.2. The molecule has 0 radical (unpaired) electrons. The highest BCUT2D eigenvalue weighted by Gasteiger charge is 2.33. The van der Waals surface area contributed by atoms with Gasteiger partial charge in [-0.2, -0.15) is 0 Å². The lowest BCUT2D eigenvalue weighted by molar-refractivity contribution is -0.150. The summed E-state index contributed by atoms with van der Waals surface area (Å²) in [6.45, 7) is 9.20. The van der Waals surface area contributed by atoms with Gasteiger partial charge in [-0.05, 0) is 31.4 Å². The Bertz CT molecular complexity index is 1290. The number of hydrogen-bond donors (Lipinski definition) is 1. The van der Waals surface area contributed by atoms with Crippen LogP contribution in [0.1, 0.15) is 63.8 Å². The minimum Gasteiger partial charge on any atom is -0.458 e. The first kappa shape index (κ1) is 31.3. The van der Waals surface area contributed by atoms with Crippen LogP contribution < -0.4 is 5.32 Å². The number of allylic oxidation sites excluding steroid dienone is 2. The van der Waals surface area contributed by atoms with Crippen molar-refractivity contribution in [2.24, 2.45) is 11.8 Å². The van der Waals surface area contributed by atoms with Gasteiger partial charge in [-0.1, -0.05) is 50.6 Å². The molecule has 3 rings (SSSR count). The Hall–Kier alpha value is -4.28. The van der Waals surface area contributed by atoms with Crippen LogP contribution in [0.3, 0.4) is 0 Å². The molecule has 0 aromatic carbocycles. The van der Waals surface area contributed by atoms with E-state index in [9.17, 15) is 24.0 Å². The molecule has 2 aliphatic rings. The molecule has 2 amide bonds. The summed E-state index contributed by atoms with van der Waals surface area (Å²) < 4.78 is 16.5. The van der Waals surface area contributed by atoms with Crippen molar-refractivity contribution >= 4 is 29.5 Å². The molecule has 3 unspecified atom stereocenters. The zero-order valence-electron chi connectivity index (χ0n) is 24.0. The number of ether oxygens (including phenoxy) is 2. The monoisotopic (exact) mass is 567 g/mol. The first-order chi connectivity index (χ1) is 19.4. The fourth-order valence-electron chi connectivity index (χ4n) is 4.60. The van der Waals surface area contributed by atoms with E-state index in [4.69, 9.17) is 13.9 Å². The first-order valence-electron chi connectivity index (χ1n) is 13.6. The normalized spacial score (nSPS) is 23.5. The fourth-order valence-corrected chi connectivity index (χ4v) is 4.60. The number of carbonyl (C=O) groups excluding carboxylic acids is 5. The van der Waals surface area contributed by atoms with Crippen molar-refractivity contribution in [3.63, 3.8) is 0 Å². The van der Waals surface area contributed by atoms with Gasteiger partial charge in [0.25, 0.3) is 5.91 Å². The van der Waals surface area contributed by atoms with E-state index in [-0.39, 0.29) is 66.7 Å². The molecule has 1 N–H and O–H groups in total. The van der Waals surface area contributed by atoms with E-state index in [2.05, 4.69) is 10.3 Å². The van der Waals surface area contributed by atoms with Crippen LogP contribution in [0.2, 0.25) is 0 Å². The van der Waals surface area contributed by atoms with E-state index in [1.54, 1.807) is 37.3 Å². The number of carbonyl (C=O) groups is 5. The molecular formula is C30H37N3O8. The molecule has 11 nitrogen and oxygen atoms in total. The van der Waals surface area contributed by atoms with E-state index >= 15 is 0 Å². The molecule has 220 valence electrons. The number of Topliss-reactive ketones (excluding diaryl/α,β-unsaturated/α-hetero) is 1. The minimum atomic E-state index is -0.821. The summed E-state index contributed by atoms with van der Waals surface area (Å²) in [5.74, 6) is -2.71. The van der Waals surface area contributed by atoms with Crippen molar-refractivity contribution in [2.75, 3.05) is 13.1 Å². The molecule has 3 heterocycles. The third-order valence-electron chi connectivity index (χ3n) is 6.49. The van der Waals surface area contributed by atoms with E-state index in [1.807, 2.05) is 20.8 Å². The average Bonchev–Trinajstić information content (AvgIpc) is 3.57. The van der Waals surface area contributed by atoms with Crippen LogP contribution in [0.15, 0.2) is 58.4 Å². The lowest BCUT2D eigenvalue weighted by atomic mass is 9.94. The van der Waals surface area contributed by atoms with E-state index < -0.39 is 30.1 Å². The van der Waals surface area contributed by atoms with Crippen molar-refractivity contribution in [3.05, 3.63) is 65.6 Å². The van der Waals surface area contributed by atoms with Gasteiger partial charge in [0.15, 0.2) is 5.69 Å². The number of aromatic nitrogens is 1. The third-order valence-corrected chi connectivity index (χ3v) is 6.49. The zero-order chi connectivity index (χ0) is 30.1. The molecule has 1 aromatic heterocycles. The van der Waals surface area contributed by atoms with Crippen LogP contribution >= 0.6 is 0 Å². The quantitative estimate of drug-likeness (QED) is 0.532. The van der Waals surface area contributed by atoms with Crippen molar-refractivity contribution < 1.29 is 37.9 Å². The third kappa shape index (κ3) is 9.12. The number of nitrogens with zero attached hydrogens (tertiary/aromatic N) is 2. The standard InChI is InChI=1S/C30H37N3O8/c1-18(2)28-20(4)10-11-26(36)31-12-6-8-19(3)14-23(40-21(5)34)15-22(35)16-27-32-24(17-39-27)29(37)33-13-7-9-25(33)30(38)41-28/h6,8-11,14,17-18,20,23,28H,7,12-13,15-16H2,1-5H3,(H,31,36). The smallest absolute Gasteiger partial charge is 0.355 e. The van der Waals surface area contributed by atoms with E-state index in [1.165, 1.54) is 17.9 Å². The SMILES string of the molecule is CC(=O)OC1C=C(C)C=CCNC(=O)C=CC(C)C(C(C)C)OC(=O)C2=CCCN2C(=O)c2coc(n2)CC(=O)C1. The molecule has 3 atom stereocenters. The summed E-state index contributed by atoms with van der Waals surface area (Å²) in [7, 11) is 0. The fraction of sp³-hybridized carbons (Fsp3) is 0.467. The second-order valence-electron chi connectivity index (χ2n) is 10.4. The van der Waals surface area contributed by atoms with Gasteiger partial charge in [0.05, 0.1) is 6.42 Å². The van der Waals surface area contributed by atoms with Crippen molar-refractivity contribution in [1.82, 2.24) is 15.2 Å². The summed E-state index contributed by atoms with van der Waals surface area (Å²) >= 11 is 0. The Morgan fingerprint density at radius 1 is 1.20 bits per heavy atom. The molecule has 2 bridgehead atoms. The highest BCUT2D eigenvalue weighted by atomic mass is 16.5. The predicted octanol–water partition coefficient (Wildman–Crippen LogP) is 3.23. The number of oxazole rings is 1. The summed E-state index contributed by atoms with van der Waals surface area (Å²) in [6.07, 6.45) is 9.73. The summed E-state index contributed by atoms with van der Waals surface area (Å²) in [6, 6.07) is 0. The second kappa shape index (κ2) is 14.4. The second-order valence-corrected chi connectivity index (χ2v) is 10.4. The maximum atomic E-state index is 13.2. The van der Waals surface area contributed by atoms with E-state index in [0.717, 1.165) is 11.8 Å². The minimum absolute atomic E-state index is 0.0300. The van der Waals surface area contributed by atoms with Gasteiger partial charge in [0.2, 0.25) is 11.8 Å². The summed E-state index contributed by atoms with van der Waals surface area (Å²) in [5, 5.41) is 2.75. The predicted molar refractivity (Wildman–Crippen MR) is 148 cm³/mol. The molecule has 0 spiro atoms. The summed E-state index contributed by atoms with van der Waals surface area (Å²) in [5.41, 5.74) is 0.777. The van der Waals surface area contributed by atoms with Crippen LogP contribution in [0, 0.1) is 11.8 Å². The Kier molecular flexibility index (Phi) is 11.0. The first-order valence-corrected chi connectivity index (χ1v) is 13.6. The summed E-state index contributed by atoms with van der Waals surface area (Å²) in [4.78, 5) is 68.6. The topological polar surface area (TPSA) is 145 Å². The number of nitrogens with one attached hydrogen (secondary N) is 1. The molecule has 0 saturated heterocycles. The maximum Gasteiger partial charge on any atom is 0.355 e. The zero-order valence-corrected chi connectivity index (χ0v) is 24.0. The lowest BCUT2D eigenvalue weighted by Crippen LogP contribution is -2.36. The van der Waals surface area contributed by atoms with Crippen LogP contribution in [-0.2, 0) is 35.1 Å². The Balaban J connectivity index is 1.90. The molecule has 0 saturated carbocycles. The van der Waals surface area contributed by atoms with Gasteiger partial charge < -0.3 is 24.1 Å². The van der Waals surface area contributed by atoms with Gasteiger partial charge in [0, 0.05) is 32.4 Å². The highest BCUT2D eigenvalue weighted by Crippen LogP contribution is 2.24. The van der Waals surface area contributed by atoms with Crippen LogP contribution in [0.4, 0.5) is 0 Å². The Morgan fingerprint density at radius 3 is 2.66 bits per heavy atom. The number of amides is 2. The number of cyclic esters (lactones) is 1. The van der Waals surface area contributed by atoms with Gasteiger partial charge in [-0.3, -0.25) is 19.2 Å². The highest BCUT2D eigenvalue weighted by molar-refractivity contribution is 6.00. The molecule has 41 heavy (non-hydrogen) atoms. The number of ketones is 1. The van der Waals surface area contributed by atoms with E-state index in [0.29, 0.717) is 6.42 Å². The van der Waals surface area contributed by atoms with Gasteiger partial charge in [-0.15, -0.1) is 0 Å². The van der Waals surface area contributed by atoms with Crippen molar-refractivity contribution in [3.8, 4) is 0 Å². The number of fused-ring (bicyclic) bond motifs is 3. The molecule has 0 aliphatic carbocycles. The Morgan fingerprint density at radius 2 is 1.95 bits per heavy atom. The van der Waals surface area contributed by atoms with Crippen LogP contribution in [0.5, 0.6) is 0 Å². The van der Waals surface area contributed by atoms with Gasteiger partial charge >= 0.3 is 11.9 Å². The van der Waals surface area contributed by atoms with Gasteiger partial charge in [0.1, 0.15) is 30.0 Å². The molecule has 2 aliphatic heterocycles. The number of esters is 2. The van der Waals surface area contributed by atoms with Crippen LogP contribution in [0.25, 0.3) is 0 Å².